The van der Waals surface area contributed by atoms with Crippen LogP contribution in [0.1, 0.15) is 21.5 Å². The zero-order valence-corrected chi connectivity index (χ0v) is 12.0. The Balaban J connectivity index is 2.18. The summed E-state index contributed by atoms with van der Waals surface area (Å²) >= 11 is 0. The van der Waals surface area contributed by atoms with Gasteiger partial charge in [-0.15, -0.1) is 0 Å². The zero-order valence-electron chi connectivity index (χ0n) is 12.0. The number of amides is 1. The van der Waals surface area contributed by atoms with E-state index in [4.69, 9.17) is 0 Å². The maximum atomic E-state index is 11.8. The van der Waals surface area contributed by atoms with Crippen LogP contribution in [0.5, 0.6) is 5.88 Å². The molecule has 114 valence electrons. The molecule has 1 heterocycles. The number of carbonyl (C=O) groups is 1. The SMILES string of the molecule is Cc1ccc(C(=O)NN=Cc2c(O)n(C)c(=O)[nH]c2=O)cc1. The van der Waals surface area contributed by atoms with Gasteiger partial charge < -0.3 is 5.11 Å². The Morgan fingerprint density at radius 2 is 1.95 bits per heavy atom. The first-order chi connectivity index (χ1) is 10.4. The number of nitrogens with one attached hydrogen (secondary N) is 2. The molecule has 0 fully saturated rings. The molecule has 0 bridgehead atoms. The molecule has 0 saturated heterocycles. The summed E-state index contributed by atoms with van der Waals surface area (Å²) in [6, 6.07) is 6.83. The van der Waals surface area contributed by atoms with Crippen LogP contribution in [0.4, 0.5) is 0 Å². The highest BCUT2D eigenvalue weighted by molar-refractivity contribution is 5.95. The molecule has 2 rings (SSSR count). The minimum Gasteiger partial charge on any atom is -0.494 e. The predicted octanol–water partition coefficient (Wildman–Crippen LogP) is -0.148. The van der Waals surface area contributed by atoms with Crippen LogP contribution in [0.3, 0.4) is 0 Å². The third kappa shape index (κ3) is 3.11. The van der Waals surface area contributed by atoms with Gasteiger partial charge in [0.2, 0.25) is 5.88 Å². The summed E-state index contributed by atoms with van der Waals surface area (Å²) in [5.74, 6) is -1.00. The van der Waals surface area contributed by atoms with Crippen LogP contribution < -0.4 is 16.7 Å². The van der Waals surface area contributed by atoms with Crippen LogP contribution in [0, 0.1) is 6.92 Å². The van der Waals surface area contributed by atoms with Crippen molar-refractivity contribution in [3.05, 3.63) is 61.8 Å². The van der Waals surface area contributed by atoms with Crippen LogP contribution in [-0.4, -0.2) is 26.8 Å². The first-order valence-electron chi connectivity index (χ1n) is 6.32. The Hall–Kier alpha value is -3.16. The van der Waals surface area contributed by atoms with Gasteiger partial charge in [-0.1, -0.05) is 17.7 Å². The van der Waals surface area contributed by atoms with Crippen molar-refractivity contribution in [3.63, 3.8) is 0 Å². The van der Waals surface area contributed by atoms with Crippen LogP contribution in [0.15, 0.2) is 39.0 Å². The molecule has 0 aliphatic heterocycles. The fraction of sp³-hybridized carbons (Fsp3) is 0.143. The number of hydrazone groups is 1. The summed E-state index contributed by atoms with van der Waals surface area (Å²) in [4.78, 5) is 36.6. The molecule has 22 heavy (non-hydrogen) atoms. The van der Waals surface area contributed by atoms with E-state index >= 15 is 0 Å². The number of rotatable bonds is 3. The molecule has 0 spiro atoms. The summed E-state index contributed by atoms with van der Waals surface area (Å²) in [7, 11) is 1.29. The van der Waals surface area contributed by atoms with E-state index in [2.05, 4.69) is 10.5 Å². The maximum Gasteiger partial charge on any atom is 0.330 e. The number of aromatic amines is 1. The lowest BCUT2D eigenvalue weighted by Crippen LogP contribution is -2.30. The van der Waals surface area contributed by atoms with Crippen molar-refractivity contribution in [2.75, 3.05) is 0 Å². The van der Waals surface area contributed by atoms with Gasteiger partial charge >= 0.3 is 5.69 Å². The molecule has 2 aromatic rings. The quantitative estimate of drug-likeness (QED) is 0.540. The molecule has 0 aliphatic carbocycles. The second-order valence-corrected chi connectivity index (χ2v) is 4.62. The van der Waals surface area contributed by atoms with E-state index in [9.17, 15) is 19.5 Å². The summed E-state index contributed by atoms with van der Waals surface area (Å²) in [6.07, 6.45) is 0.972. The van der Waals surface area contributed by atoms with Gasteiger partial charge in [-0.05, 0) is 19.1 Å². The van der Waals surface area contributed by atoms with Gasteiger partial charge in [0.05, 0.1) is 6.21 Å². The lowest BCUT2D eigenvalue weighted by atomic mass is 10.1. The molecular weight excluding hydrogens is 288 g/mol. The number of nitrogens with zero attached hydrogens (tertiary/aromatic N) is 2. The lowest BCUT2D eigenvalue weighted by Gasteiger charge is -2.03. The Morgan fingerprint density at radius 3 is 2.59 bits per heavy atom. The number of benzene rings is 1. The third-order valence-electron chi connectivity index (χ3n) is 3.00. The molecule has 0 radical (unpaired) electrons. The van der Waals surface area contributed by atoms with Crippen molar-refractivity contribution < 1.29 is 9.90 Å². The summed E-state index contributed by atoms with van der Waals surface area (Å²) in [5.41, 5.74) is 1.88. The Kier molecular flexibility index (Phi) is 4.21. The fourth-order valence-corrected chi connectivity index (χ4v) is 1.67. The molecule has 0 atom stereocenters. The number of aryl methyl sites for hydroxylation is 1. The monoisotopic (exact) mass is 302 g/mol. The summed E-state index contributed by atoms with van der Waals surface area (Å²) in [5, 5.41) is 13.3. The van der Waals surface area contributed by atoms with E-state index in [1.807, 2.05) is 11.9 Å². The highest BCUT2D eigenvalue weighted by Crippen LogP contribution is 2.05. The van der Waals surface area contributed by atoms with Crippen molar-refractivity contribution in [2.24, 2.45) is 12.1 Å². The number of aromatic hydroxyl groups is 1. The normalized spacial score (nSPS) is 10.8. The van der Waals surface area contributed by atoms with Crippen LogP contribution in [0.25, 0.3) is 0 Å². The van der Waals surface area contributed by atoms with E-state index < -0.39 is 23.0 Å². The molecule has 3 N–H and O–H groups in total. The van der Waals surface area contributed by atoms with Gasteiger partial charge in [-0.3, -0.25) is 19.1 Å². The van der Waals surface area contributed by atoms with Crippen molar-refractivity contribution in [1.29, 1.82) is 0 Å². The average molecular weight is 302 g/mol. The topological polar surface area (TPSA) is 117 Å². The number of aromatic nitrogens is 2. The van der Waals surface area contributed by atoms with Crippen LogP contribution in [-0.2, 0) is 7.05 Å². The molecule has 8 heteroatoms. The minimum absolute atomic E-state index is 0.230. The number of hydrogen-bond donors (Lipinski definition) is 3. The standard InChI is InChI=1S/C14H14N4O4/c1-8-3-5-9(6-4-8)11(19)17-15-7-10-12(20)16-14(22)18(2)13(10)21/h3-7,21H,1-2H3,(H,17,19)(H,16,20,22). The van der Waals surface area contributed by atoms with Gasteiger partial charge in [0.25, 0.3) is 11.5 Å². The predicted molar refractivity (Wildman–Crippen MR) is 80.2 cm³/mol. The first-order valence-corrected chi connectivity index (χ1v) is 6.32. The Morgan fingerprint density at radius 1 is 1.32 bits per heavy atom. The molecule has 1 aromatic carbocycles. The number of hydrogen-bond acceptors (Lipinski definition) is 5. The first kappa shape index (κ1) is 15.2. The van der Waals surface area contributed by atoms with Crippen LogP contribution >= 0.6 is 0 Å². The molecular formula is C14H14N4O4. The van der Waals surface area contributed by atoms with Crippen molar-refractivity contribution in [2.45, 2.75) is 6.92 Å². The van der Waals surface area contributed by atoms with E-state index in [0.29, 0.717) is 5.56 Å². The Bertz CT molecular complexity index is 847. The summed E-state index contributed by atoms with van der Waals surface area (Å²) < 4.78 is 0.852. The van der Waals surface area contributed by atoms with E-state index in [-0.39, 0.29) is 5.56 Å². The van der Waals surface area contributed by atoms with Gasteiger partial charge in [0.1, 0.15) is 5.56 Å². The van der Waals surface area contributed by atoms with Crippen molar-refractivity contribution in [3.8, 4) is 5.88 Å². The fourth-order valence-electron chi connectivity index (χ4n) is 1.67. The Labute approximate surface area is 124 Å². The van der Waals surface area contributed by atoms with E-state index in [1.54, 1.807) is 24.3 Å². The maximum absolute atomic E-state index is 11.8. The lowest BCUT2D eigenvalue weighted by molar-refractivity contribution is 0.0955. The van der Waals surface area contributed by atoms with Gasteiger partial charge in [0.15, 0.2) is 0 Å². The molecule has 0 aliphatic rings. The van der Waals surface area contributed by atoms with Crippen molar-refractivity contribution >= 4 is 12.1 Å². The molecule has 8 nitrogen and oxygen atoms in total. The zero-order chi connectivity index (χ0) is 16.3. The van der Waals surface area contributed by atoms with Gasteiger partial charge in [0, 0.05) is 12.6 Å². The summed E-state index contributed by atoms with van der Waals surface area (Å²) in [6.45, 7) is 1.90. The minimum atomic E-state index is -0.797. The van der Waals surface area contributed by atoms with Gasteiger partial charge in [-0.25, -0.2) is 10.2 Å². The average Bonchev–Trinajstić information content (AvgIpc) is 2.49. The molecule has 0 saturated carbocycles. The number of carbonyl (C=O) groups excluding carboxylic acids is 1. The van der Waals surface area contributed by atoms with Crippen LogP contribution in [0.2, 0.25) is 0 Å². The smallest absolute Gasteiger partial charge is 0.330 e. The highest BCUT2D eigenvalue weighted by atomic mass is 16.3. The van der Waals surface area contributed by atoms with Gasteiger partial charge in [-0.2, -0.15) is 5.10 Å². The second kappa shape index (κ2) is 6.08. The second-order valence-electron chi connectivity index (χ2n) is 4.62. The highest BCUT2D eigenvalue weighted by Gasteiger charge is 2.10. The van der Waals surface area contributed by atoms with E-state index in [0.717, 1.165) is 16.3 Å². The largest absolute Gasteiger partial charge is 0.494 e. The van der Waals surface area contributed by atoms with E-state index in [1.165, 1.54) is 7.05 Å². The molecule has 1 aromatic heterocycles. The molecule has 1 amide bonds. The molecule has 0 unspecified atom stereocenters. The third-order valence-corrected chi connectivity index (χ3v) is 3.00. The number of H-pyrrole nitrogens is 1. The van der Waals surface area contributed by atoms with Crippen molar-refractivity contribution in [1.82, 2.24) is 15.0 Å².